The highest BCUT2D eigenvalue weighted by molar-refractivity contribution is 14.1. The molecule has 9 nitrogen and oxygen atoms in total. The number of terminal acetylenes is 1. The van der Waals surface area contributed by atoms with Gasteiger partial charge in [0.05, 0.1) is 6.54 Å². The number of benzene rings is 1. The molecule has 3 aromatic rings. The van der Waals surface area contributed by atoms with Crippen LogP contribution in [0.5, 0.6) is 0 Å². The lowest BCUT2D eigenvalue weighted by molar-refractivity contribution is 0.370. The molecule has 2 aromatic heterocycles. The first-order chi connectivity index (χ1) is 15.7. The van der Waals surface area contributed by atoms with Gasteiger partial charge in [-0.3, -0.25) is 13.9 Å². The molecule has 2 N–H and O–H groups in total. The quantitative estimate of drug-likeness (QED) is 0.164. The van der Waals surface area contributed by atoms with Gasteiger partial charge in [-0.05, 0) is 60.4 Å². The zero-order valence-corrected chi connectivity index (χ0v) is 21.3. The number of hydrogen-bond donors (Lipinski definition) is 2. The van der Waals surface area contributed by atoms with Crippen LogP contribution in [-0.2, 0) is 37.0 Å². The van der Waals surface area contributed by atoms with Crippen LogP contribution in [0.4, 0.5) is 0 Å². The van der Waals surface area contributed by atoms with E-state index in [-0.39, 0.29) is 31.3 Å². The Morgan fingerprint density at radius 1 is 1.12 bits per heavy atom. The van der Waals surface area contributed by atoms with Gasteiger partial charge in [-0.25, -0.2) is 14.3 Å². The molecular formula is C22H26IN4O5P. The van der Waals surface area contributed by atoms with Crippen LogP contribution in [0.1, 0.15) is 31.2 Å². The third-order valence-corrected chi connectivity index (χ3v) is 7.37. The number of imidazole rings is 1. The van der Waals surface area contributed by atoms with Crippen molar-refractivity contribution in [3.8, 4) is 12.3 Å². The second-order valence-electron chi connectivity index (χ2n) is 7.66. The van der Waals surface area contributed by atoms with E-state index in [1.165, 1.54) is 10.1 Å². The van der Waals surface area contributed by atoms with Crippen molar-refractivity contribution in [2.24, 2.45) is 0 Å². The summed E-state index contributed by atoms with van der Waals surface area (Å²) in [6, 6.07) is 8.05. The standard InChI is InChI=1S/C22H26IN4O5P/c1-3-13-27-21(28)19-20(26(22(27)29)14-7-8-15-33(30,31)32)24-18(25(19)4-2)12-11-16-9-5-6-10-17(16)23/h1,5-6,9-10H,4,7-8,11-15H2,2H3,(H2,30,31,32). The van der Waals surface area contributed by atoms with Gasteiger partial charge in [-0.15, -0.1) is 6.42 Å². The van der Waals surface area contributed by atoms with Crippen molar-refractivity contribution in [3.63, 3.8) is 0 Å². The Labute approximate surface area is 204 Å². The molecule has 176 valence electrons. The number of nitrogens with zero attached hydrogens (tertiary/aromatic N) is 4. The van der Waals surface area contributed by atoms with E-state index in [2.05, 4.69) is 39.6 Å². The molecule has 11 heteroatoms. The number of halogens is 1. The van der Waals surface area contributed by atoms with E-state index < -0.39 is 18.8 Å². The van der Waals surface area contributed by atoms with Crippen LogP contribution >= 0.6 is 30.2 Å². The fraction of sp³-hybridized carbons (Fsp3) is 0.409. The van der Waals surface area contributed by atoms with E-state index in [0.29, 0.717) is 30.7 Å². The summed E-state index contributed by atoms with van der Waals surface area (Å²) in [5.74, 6) is 3.06. The van der Waals surface area contributed by atoms with Gasteiger partial charge in [0, 0.05) is 29.2 Å². The van der Waals surface area contributed by atoms with Gasteiger partial charge in [0.15, 0.2) is 11.2 Å². The molecule has 0 spiro atoms. The first kappa shape index (κ1) is 25.4. The van der Waals surface area contributed by atoms with Crippen molar-refractivity contribution >= 4 is 41.4 Å². The second kappa shape index (κ2) is 10.8. The molecule has 1 aromatic carbocycles. The summed E-state index contributed by atoms with van der Waals surface area (Å²) in [4.78, 5) is 49.1. The number of aryl methyl sites for hydroxylation is 4. The summed E-state index contributed by atoms with van der Waals surface area (Å²) in [7, 11) is -4.12. The Balaban J connectivity index is 2.06. The molecule has 0 aliphatic carbocycles. The minimum Gasteiger partial charge on any atom is -0.324 e. The predicted octanol–water partition coefficient (Wildman–Crippen LogP) is 2.36. The third-order valence-electron chi connectivity index (χ3n) is 5.42. The highest BCUT2D eigenvalue weighted by Crippen LogP contribution is 2.35. The fourth-order valence-electron chi connectivity index (χ4n) is 3.83. The molecule has 0 unspecified atom stereocenters. The summed E-state index contributed by atoms with van der Waals surface area (Å²) in [6.07, 6.45) is 7.04. The lowest BCUT2D eigenvalue weighted by atomic mass is 10.1. The monoisotopic (exact) mass is 584 g/mol. The molecule has 0 saturated carbocycles. The first-order valence-electron chi connectivity index (χ1n) is 10.6. The van der Waals surface area contributed by atoms with Crippen LogP contribution in [0.25, 0.3) is 11.2 Å². The normalized spacial score (nSPS) is 11.7. The number of hydrogen-bond acceptors (Lipinski definition) is 4. The first-order valence-corrected chi connectivity index (χ1v) is 13.5. The third kappa shape index (κ3) is 5.84. The number of fused-ring (bicyclic) bond motifs is 1. The molecule has 0 bridgehead atoms. The van der Waals surface area contributed by atoms with Crippen LogP contribution in [0.3, 0.4) is 0 Å². The van der Waals surface area contributed by atoms with Crippen molar-refractivity contribution in [2.45, 2.75) is 52.2 Å². The van der Waals surface area contributed by atoms with Crippen LogP contribution in [-0.4, -0.2) is 34.6 Å². The predicted molar refractivity (Wildman–Crippen MR) is 135 cm³/mol. The largest absolute Gasteiger partial charge is 0.333 e. The number of rotatable bonds is 10. The van der Waals surface area contributed by atoms with Crippen molar-refractivity contribution < 1.29 is 14.4 Å². The highest BCUT2D eigenvalue weighted by Gasteiger charge is 2.21. The van der Waals surface area contributed by atoms with Crippen LogP contribution < -0.4 is 11.2 Å². The maximum Gasteiger partial charge on any atom is 0.333 e. The molecule has 0 atom stereocenters. The fourth-order valence-corrected chi connectivity index (χ4v) is 5.13. The van der Waals surface area contributed by atoms with E-state index >= 15 is 0 Å². The van der Waals surface area contributed by atoms with E-state index in [0.717, 1.165) is 14.6 Å². The minimum absolute atomic E-state index is 0.164. The topological polar surface area (TPSA) is 119 Å². The zero-order valence-electron chi connectivity index (χ0n) is 18.3. The summed E-state index contributed by atoms with van der Waals surface area (Å²) in [6.45, 7) is 2.43. The molecule has 0 saturated heterocycles. The lowest BCUT2D eigenvalue weighted by Gasteiger charge is -2.11. The summed E-state index contributed by atoms with van der Waals surface area (Å²) < 4.78 is 16.5. The van der Waals surface area contributed by atoms with Crippen LogP contribution in [0.2, 0.25) is 0 Å². The Kier molecular flexibility index (Phi) is 8.34. The molecular weight excluding hydrogens is 558 g/mol. The maximum absolute atomic E-state index is 13.2. The summed E-state index contributed by atoms with van der Waals surface area (Å²) in [5, 5.41) is 0. The molecule has 33 heavy (non-hydrogen) atoms. The summed E-state index contributed by atoms with van der Waals surface area (Å²) in [5.41, 5.74) is 0.738. The van der Waals surface area contributed by atoms with Crippen LogP contribution in [0, 0.1) is 15.9 Å². The van der Waals surface area contributed by atoms with Gasteiger partial charge >= 0.3 is 13.3 Å². The molecule has 0 aliphatic heterocycles. The Hall–Kier alpha value is -2.19. The van der Waals surface area contributed by atoms with Crippen LogP contribution in [0.15, 0.2) is 33.9 Å². The average Bonchev–Trinajstić information content (AvgIpc) is 3.13. The van der Waals surface area contributed by atoms with Crippen molar-refractivity contribution in [1.82, 2.24) is 18.7 Å². The Morgan fingerprint density at radius 2 is 1.85 bits per heavy atom. The van der Waals surface area contributed by atoms with Gasteiger partial charge < -0.3 is 14.4 Å². The smallest absolute Gasteiger partial charge is 0.324 e. The van der Waals surface area contributed by atoms with Gasteiger partial charge in [-0.1, -0.05) is 24.1 Å². The molecule has 0 fully saturated rings. The minimum atomic E-state index is -4.12. The van der Waals surface area contributed by atoms with Gasteiger partial charge in [-0.2, -0.15) is 0 Å². The molecule has 0 radical (unpaired) electrons. The Bertz CT molecular complexity index is 1360. The SMILES string of the molecule is C#CCn1c(=O)c2c(nc(CCc3ccccc3I)n2CC)n(CCCCP(=O)(O)O)c1=O. The number of unbranched alkanes of at least 4 members (excludes halogenated alkanes) is 1. The molecule has 2 heterocycles. The van der Waals surface area contributed by atoms with Crippen molar-refractivity contribution in [2.75, 3.05) is 6.16 Å². The van der Waals surface area contributed by atoms with Crippen molar-refractivity contribution in [1.29, 1.82) is 0 Å². The van der Waals surface area contributed by atoms with Gasteiger partial charge in [0.25, 0.3) is 5.56 Å². The van der Waals surface area contributed by atoms with E-state index in [9.17, 15) is 14.2 Å². The average molecular weight is 584 g/mol. The van der Waals surface area contributed by atoms with E-state index in [4.69, 9.17) is 16.2 Å². The van der Waals surface area contributed by atoms with E-state index in [1.807, 2.05) is 29.7 Å². The lowest BCUT2D eigenvalue weighted by Crippen LogP contribution is -2.40. The maximum atomic E-state index is 13.2. The van der Waals surface area contributed by atoms with Gasteiger partial charge in [0.1, 0.15) is 5.82 Å². The van der Waals surface area contributed by atoms with Crippen molar-refractivity contribution in [3.05, 3.63) is 60.1 Å². The zero-order chi connectivity index (χ0) is 24.2. The second-order valence-corrected chi connectivity index (χ2v) is 10.6. The highest BCUT2D eigenvalue weighted by atomic mass is 127. The van der Waals surface area contributed by atoms with E-state index in [1.54, 1.807) is 0 Å². The Morgan fingerprint density at radius 3 is 2.48 bits per heavy atom. The summed E-state index contributed by atoms with van der Waals surface area (Å²) >= 11 is 2.29. The number of aromatic nitrogens is 4. The molecule has 0 amide bonds. The molecule has 0 aliphatic rings. The molecule has 3 rings (SSSR count). The van der Waals surface area contributed by atoms with Gasteiger partial charge in [0.2, 0.25) is 0 Å².